The Bertz CT molecular complexity index is 632. The van der Waals surface area contributed by atoms with Gasteiger partial charge >= 0.3 is 5.97 Å². The average Bonchev–Trinajstić information content (AvgIpc) is 2.45. The SMILES string of the molecule is CC(=O)OC(C)(C)C.CCC1(CC)CN(c2ccc(C#N)c(F)c2)C1. The lowest BCUT2D eigenvalue weighted by Crippen LogP contribution is -2.55. The molecule has 1 aliphatic heterocycles. The van der Waals surface area contributed by atoms with E-state index in [9.17, 15) is 9.18 Å². The lowest BCUT2D eigenvalue weighted by Gasteiger charge is -2.51. The van der Waals surface area contributed by atoms with Crippen LogP contribution in [0.3, 0.4) is 0 Å². The molecule has 0 amide bonds. The van der Waals surface area contributed by atoms with Crippen molar-refractivity contribution in [1.82, 2.24) is 0 Å². The molecule has 0 bridgehead atoms. The van der Waals surface area contributed by atoms with Crippen molar-refractivity contribution in [1.29, 1.82) is 5.26 Å². The molecule has 138 valence electrons. The molecule has 1 aliphatic rings. The number of anilines is 1. The maximum Gasteiger partial charge on any atom is 0.303 e. The van der Waals surface area contributed by atoms with Crippen LogP contribution in [0.5, 0.6) is 0 Å². The minimum absolute atomic E-state index is 0.117. The molecule has 4 nitrogen and oxygen atoms in total. The first-order chi connectivity index (χ1) is 11.6. The number of esters is 1. The molecule has 0 unspecified atom stereocenters. The van der Waals surface area contributed by atoms with Crippen molar-refractivity contribution < 1.29 is 13.9 Å². The van der Waals surface area contributed by atoms with Crippen LogP contribution < -0.4 is 4.90 Å². The van der Waals surface area contributed by atoms with E-state index >= 15 is 0 Å². The van der Waals surface area contributed by atoms with Crippen LogP contribution in [0.1, 0.15) is 59.9 Å². The van der Waals surface area contributed by atoms with Crippen molar-refractivity contribution in [3.8, 4) is 6.07 Å². The van der Waals surface area contributed by atoms with Crippen molar-refractivity contribution in [3.05, 3.63) is 29.6 Å². The number of ether oxygens (including phenoxy) is 1. The number of hydrogen-bond donors (Lipinski definition) is 0. The number of hydrogen-bond acceptors (Lipinski definition) is 4. The van der Waals surface area contributed by atoms with E-state index in [-0.39, 0.29) is 17.1 Å². The lowest BCUT2D eigenvalue weighted by atomic mass is 9.75. The Morgan fingerprint density at radius 1 is 1.32 bits per heavy atom. The van der Waals surface area contributed by atoms with Gasteiger partial charge in [-0.05, 0) is 51.8 Å². The molecule has 0 saturated carbocycles. The Morgan fingerprint density at radius 3 is 2.20 bits per heavy atom. The van der Waals surface area contributed by atoms with Crippen molar-refractivity contribution in [3.63, 3.8) is 0 Å². The molecule has 1 saturated heterocycles. The number of rotatable bonds is 3. The van der Waals surface area contributed by atoms with Gasteiger partial charge < -0.3 is 9.64 Å². The van der Waals surface area contributed by atoms with Crippen molar-refractivity contribution in [2.24, 2.45) is 5.41 Å². The number of nitrogens with zero attached hydrogens (tertiary/aromatic N) is 2. The third kappa shape index (κ3) is 6.04. The molecule has 0 atom stereocenters. The van der Waals surface area contributed by atoms with Crippen LogP contribution >= 0.6 is 0 Å². The van der Waals surface area contributed by atoms with Gasteiger partial charge in [-0.1, -0.05) is 13.8 Å². The highest BCUT2D eigenvalue weighted by Crippen LogP contribution is 2.39. The van der Waals surface area contributed by atoms with Crippen LogP contribution in [0, 0.1) is 22.6 Å². The molecule has 0 spiro atoms. The van der Waals surface area contributed by atoms with Crippen LogP contribution in [0.2, 0.25) is 0 Å². The zero-order valence-electron chi connectivity index (χ0n) is 16.1. The topological polar surface area (TPSA) is 53.3 Å². The van der Waals surface area contributed by atoms with E-state index in [0.717, 1.165) is 18.8 Å². The van der Waals surface area contributed by atoms with Crippen LogP contribution in [0.15, 0.2) is 18.2 Å². The first-order valence-electron chi connectivity index (χ1n) is 8.70. The van der Waals surface area contributed by atoms with Gasteiger partial charge in [0.1, 0.15) is 17.5 Å². The summed E-state index contributed by atoms with van der Waals surface area (Å²) in [5, 5.41) is 8.67. The van der Waals surface area contributed by atoms with Crippen molar-refractivity contribution in [2.45, 2.75) is 60.0 Å². The van der Waals surface area contributed by atoms with Crippen LogP contribution in [-0.4, -0.2) is 24.7 Å². The van der Waals surface area contributed by atoms with Gasteiger partial charge in [-0.15, -0.1) is 0 Å². The van der Waals surface area contributed by atoms with Gasteiger partial charge in [0.05, 0.1) is 5.56 Å². The van der Waals surface area contributed by atoms with Gasteiger partial charge in [0.2, 0.25) is 0 Å². The number of carbonyl (C=O) groups is 1. The van der Waals surface area contributed by atoms with Crippen LogP contribution in [0.4, 0.5) is 10.1 Å². The quantitative estimate of drug-likeness (QED) is 0.745. The van der Waals surface area contributed by atoms with E-state index in [1.165, 1.54) is 25.8 Å². The first kappa shape index (κ1) is 21.0. The Morgan fingerprint density at radius 2 is 1.88 bits per heavy atom. The van der Waals surface area contributed by atoms with E-state index < -0.39 is 5.82 Å². The second kappa shape index (κ2) is 8.33. The normalized spacial score (nSPS) is 15.4. The molecule has 0 N–H and O–H groups in total. The fourth-order valence-corrected chi connectivity index (χ4v) is 2.87. The number of carbonyl (C=O) groups excluding carboxylic acids is 1. The average molecular weight is 348 g/mol. The highest BCUT2D eigenvalue weighted by molar-refractivity contribution is 5.66. The summed E-state index contributed by atoms with van der Waals surface area (Å²) < 4.78 is 18.3. The van der Waals surface area contributed by atoms with Crippen LogP contribution in [0.25, 0.3) is 0 Å². The zero-order chi connectivity index (χ0) is 19.3. The molecular weight excluding hydrogens is 319 g/mol. The number of nitriles is 1. The van der Waals surface area contributed by atoms with Gasteiger partial charge in [0, 0.05) is 31.1 Å². The molecule has 0 radical (unpaired) electrons. The van der Waals surface area contributed by atoms with E-state index in [2.05, 4.69) is 18.7 Å². The molecule has 1 aromatic rings. The summed E-state index contributed by atoms with van der Waals surface area (Å²) in [6.07, 6.45) is 2.33. The highest BCUT2D eigenvalue weighted by atomic mass is 19.1. The maximum absolute atomic E-state index is 13.5. The summed E-state index contributed by atoms with van der Waals surface area (Å²) >= 11 is 0. The minimum atomic E-state index is -0.421. The summed E-state index contributed by atoms with van der Waals surface area (Å²) in [6, 6.07) is 6.70. The van der Waals surface area contributed by atoms with E-state index in [1.807, 2.05) is 32.9 Å². The second-order valence-corrected chi connectivity index (χ2v) is 7.55. The predicted molar refractivity (Wildman–Crippen MR) is 97.9 cm³/mol. The summed E-state index contributed by atoms with van der Waals surface area (Å²) in [5.74, 6) is -0.645. The zero-order valence-corrected chi connectivity index (χ0v) is 16.1. The Labute approximate surface area is 150 Å². The molecule has 5 heteroatoms. The Hall–Kier alpha value is -2.09. The highest BCUT2D eigenvalue weighted by Gasteiger charge is 2.39. The van der Waals surface area contributed by atoms with Gasteiger partial charge in [0.15, 0.2) is 0 Å². The minimum Gasteiger partial charge on any atom is -0.460 e. The molecule has 25 heavy (non-hydrogen) atoms. The monoisotopic (exact) mass is 348 g/mol. The third-order valence-electron chi connectivity index (χ3n) is 4.44. The Balaban J connectivity index is 0.000000333. The number of halogens is 1. The first-order valence-corrected chi connectivity index (χ1v) is 8.70. The van der Waals surface area contributed by atoms with Crippen molar-refractivity contribution in [2.75, 3.05) is 18.0 Å². The van der Waals surface area contributed by atoms with E-state index in [1.54, 1.807) is 6.07 Å². The number of benzene rings is 1. The second-order valence-electron chi connectivity index (χ2n) is 7.55. The van der Waals surface area contributed by atoms with Gasteiger partial charge in [-0.25, -0.2) is 4.39 Å². The summed E-state index contributed by atoms with van der Waals surface area (Å²) in [4.78, 5) is 12.4. The third-order valence-corrected chi connectivity index (χ3v) is 4.44. The lowest BCUT2D eigenvalue weighted by molar-refractivity contribution is -0.151. The molecule has 0 aliphatic carbocycles. The summed E-state index contributed by atoms with van der Waals surface area (Å²) in [6.45, 7) is 13.3. The van der Waals surface area contributed by atoms with E-state index in [4.69, 9.17) is 10.00 Å². The van der Waals surface area contributed by atoms with Gasteiger partial charge in [-0.3, -0.25) is 4.79 Å². The van der Waals surface area contributed by atoms with Gasteiger partial charge in [0.25, 0.3) is 0 Å². The molecule has 1 fully saturated rings. The maximum atomic E-state index is 13.5. The Kier molecular flexibility index (Phi) is 6.98. The molecule has 0 aromatic heterocycles. The van der Waals surface area contributed by atoms with Gasteiger partial charge in [-0.2, -0.15) is 5.26 Å². The largest absolute Gasteiger partial charge is 0.460 e. The molecule has 1 aromatic carbocycles. The van der Waals surface area contributed by atoms with Crippen LogP contribution in [-0.2, 0) is 9.53 Å². The standard InChI is InChI=1S/C14H17FN2.C6H12O2/c1-3-14(4-2)9-17(10-14)12-6-5-11(8-16)13(15)7-12;1-5(7)8-6(2,3)4/h5-7H,3-4,9-10H2,1-2H3;1-4H3. The molecular formula is C20H29FN2O2. The van der Waals surface area contributed by atoms with E-state index in [0.29, 0.717) is 5.41 Å². The fourth-order valence-electron chi connectivity index (χ4n) is 2.87. The predicted octanol–water partition coefficient (Wildman–Crippen LogP) is 4.67. The molecule has 1 heterocycles. The molecule has 2 rings (SSSR count). The fraction of sp³-hybridized carbons (Fsp3) is 0.600. The summed E-state index contributed by atoms with van der Waals surface area (Å²) in [5.41, 5.74) is 1.08. The smallest absolute Gasteiger partial charge is 0.303 e. The van der Waals surface area contributed by atoms with Crippen molar-refractivity contribution >= 4 is 11.7 Å². The summed E-state index contributed by atoms with van der Waals surface area (Å²) in [7, 11) is 0.